The van der Waals surface area contributed by atoms with E-state index in [0.717, 1.165) is 56.0 Å². The predicted octanol–water partition coefficient (Wildman–Crippen LogP) is 3.85. The van der Waals surface area contributed by atoms with Crippen molar-refractivity contribution in [3.05, 3.63) is 15.6 Å². The van der Waals surface area contributed by atoms with Gasteiger partial charge >= 0.3 is 5.97 Å². The monoisotopic (exact) mass is 312 g/mol. The largest absolute Gasteiger partial charge is 0.477 e. The minimum atomic E-state index is -0.830. The number of likely N-dealkylation sites (N-methyl/N-ethyl adjacent to an activating group) is 1. The third kappa shape index (κ3) is 6.14. The van der Waals surface area contributed by atoms with Crippen LogP contribution in [0.1, 0.15) is 66.8 Å². The second kappa shape index (κ2) is 9.90. The number of hydrogen-bond acceptors (Lipinski definition) is 4. The topological polar surface area (TPSA) is 53.4 Å². The molecule has 0 fully saturated rings. The minimum Gasteiger partial charge on any atom is -0.477 e. The van der Waals surface area contributed by atoms with Crippen molar-refractivity contribution < 1.29 is 9.90 Å². The molecule has 0 spiro atoms. The normalized spacial score (nSPS) is 11.2. The molecule has 0 saturated heterocycles. The number of unbranched alkanes of at least 4 members (excludes halogenated alkanes) is 2. The summed E-state index contributed by atoms with van der Waals surface area (Å²) in [6.45, 7) is 9.62. The van der Waals surface area contributed by atoms with Crippen LogP contribution in [0.4, 0.5) is 0 Å². The Hall–Kier alpha value is -0.940. The zero-order chi connectivity index (χ0) is 15.7. The van der Waals surface area contributed by atoms with E-state index < -0.39 is 5.97 Å². The molecular weight excluding hydrogens is 284 g/mol. The zero-order valence-electron chi connectivity index (χ0n) is 13.5. The van der Waals surface area contributed by atoms with Gasteiger partial charge in [0, 0.05) is 13.0 Å². The van der Waals surface area contributed by atoms with Crippen molar-refractivity contribution >= 4 is 17.3 Å². The summed E-state index contributed by atoms with van der Waals surface area (Å²) in [6.07, 6.45) is 6.12. The van der Waals surface area contributed by atoms with Crippen LogP contribution in [0.5, 0.6) is 0 Å². The molecule has 1 aromatic rings. The lowest BCUT2D eigenvalue weighted by Crippen LogP contribution is -2.26. The summed E-state index contributed by atoms with van der Waals surface area (Å²) in [4.78, 5) is 18.7. The summed E-state index contributed by atoms with van der Waals surface area (Å²) < 4.78 is 0. The summed E-state index contributed by atoms with van der Waals surface area (Å²) in [6, 6.07) is 0. The highest BCUT2D eigenvalue weighted by Gasteiger charge is 2.17. The lowest BCUT2D eigenvalue weighted by Gasteiger charge is -2.19. The van der Waals surface area contributed by atoms with Gasteiger partial charge in [-0.15, -0.1) is 11.3 Å². The molecule has 120 valence electrons. The second-order valence-electron chi connectivity index (χ2n) is 5.33. The highest BCUT2D eigenvalue weighted by Crippen LogP contribution is 2.21. The molecule has 0 aliphatic rings. The van der Waals surface area contributed by atoms with Gasteiger partial charge in [-0.3, -0.25) is 0 Å². The molecule has 0 saturated carbocycles. The van der Waals surface area contributed by atoms with E-state index in [0.29, 0.717) is 4.88 Å². The van der Waals surface area contributed by atoms with E-state index in [1.165, 1.54) is 24.2 Å². The molecule has 0 aromatic carbocycles. The van der Waals surface area contributed by atoms with E-state index in [4.69, 9.17) is 0 Å². The van der Waals surface area contributed by atoms with Crippen molar-refractivity contribution in [1.29, 1.82) is 0 Å². The van der Waals surface area contributed by atoms with Gasteiger partial charge in [0.1, 0.15) is 4.88 Å². The third-order valence-electron chi connectivity index (χ3n) is 3.62. The Balaban J connectivity index is 2.63. The molecule has 0 aliphatic carbocycles. The van der Waals surface area contributed by atoms with Gasteiger partial charge in [0.2, 0.25) is 0 Å². The molecule has 1 rings (SSSR count). The summed E-state index contributed by atoms with van der Waals surface area (Å²) >= 11 is 1.36. The van der Waals surface area contributed by atoms with Gasteiger partial charge in [0.25, 0.3) is 0 Å². The van der Waals surface area contributed by atoms with Crippen LogP contribution in [-0.2, 0) is 12.8 Å². The molecule has 0 amide bonds. The van der Waals surface area contributed by atoms with Crippen LogP contribution in [-0.4, -0.2) is 40.6 Å². The number of carbonyl (C=O) groups is 1. The Morgan fingerprint density at radius 3 is 2.43 bits per heavy atom. The summed E-state index contributed by atoms with van der Waals surface area (Å²) in [5.74, 6) is -0.830. The molecule has 1 aromatic heterocycles. The molecule has 0 atom stereocenters. The maximum Gasteiger partial charge on any atom is 0.347 e. The van der Waals surface area contributed by atoms with Crippen LogP contribution < -0.4 is 0 Å². The number of carboxylic acids is 1. The standard InChI is InChI=1S/C16H28N2O2S/c1-4-7-9-13-15(16(19)20)21-14(17-13)10-12-18(6-3)11-8-5-2/h4-12H2,1-3H3,(H,19,20). The third-order valence-corrected chi connectivity index (χ3v) is 4.77. The van der Waals surface area contributed by atoms with E-state index >= 15 is 0 Å². The molecule has 4 nitrogen and oxygen atoms in total. The molecular formula is C16H28N2O2S. The van der Waals surface area contributed by atoms with Crippen LogP contribution in [0.3, 0.4) is 0 Å². The van der Waals surface area contributed by atoms with Crippen molar-refractivity contribution in [2.75, 3.05) is 19.6 Å². The van der Waals surface area contributed by atoms with Crippen molar-refractivity contribution in [1.82, 2.24) is 9.88 Å². The second-order valence-corrected chi connectivity index (χ2v) is 6.41. The number of aryl methyl sites for hydroxylation is 1. The van der Waals surface area contributed by atoms with Crippen molar-refractivity contribution in [2.45, 2.75) is 59.3 Å². The summed E-state index contributed by atoms with van der Waals surface area (Å²) in [5.41, 5.74) is 0.779. The predicted molar refractivity (Wildman–Crippen MR) is 88.4 cm³/mol. The first-order chi connectivity index (χ1) is 10.1. The SMILES string of the molecule is CCCCc1nc(CCN(CC)CCCC)sc1C(=O)O. The van der Waals surface area contributed by atoms with Gasteiger partial charge in [0.15, 0.2) is 0 Å². The van der Waals surface area contributed by atoms with E-state index in [1.54, 1.807) is 0 Å². The molecule has 21 heavy (non-hydrogen) atoms. The first kappa shape index (κ1) is 18.1. The average Bonchev–Trinajstić information content (AvgIpc) is 2.89. The number of rotatable bonds is 11. The summed E-state index contributed by atoms with van der Waals surface area (Å²) in [5, 5.41) is 10.2. The Labute approximate surface area is 132 Å². The summed E-state index contributed by atoms with van der Waals surface area (Å²) in [7, 11) is 0. The maximum absolute atomic E-state index is 11.3. The number of thiazole rings is 1. The minimum absolute atomic E-state index is 0.440. The van der Waals surface area contributed by atoms with Crippen molar-refractivity contribution in [3.8, 4) is 0 Å². The first-order valence-electron chi connectivity index (χ1n) is 8.06. The number of aromatic carboxylic acids is 1. The quantitative estimate of drug-likeness (QED) is 0.674. The zero-order valence-corrected chi connectivity index (χ0v) is 14.3. The van der Waals surface area contributed by atoms with Gasteiger partial charge in [-0.1, -0.05) is 33.6 Å². The Kier molecular flexibility index (Phi) is 8.54. The molecule has 0 bridgehead atoms. The van der Waals surface area contributed by atoms with E-state index in [1.807, 2.05) is 0 Å². The number of aromatic nitrogens is 1. The molecule has 0 aliphatic heterocycles. The Morgan fingerprint density at radius 1 is 1.14 bits per heavy atom. The number of nitrogens with zero attached hydrogens (tertiary/aromatic N) is 2. The van der Waals surface area contributed by atoms with Gasteiger partial charge in [-0.25, -0.2) is 9.78 Å². The molecule has 0 unspecified atom stereocenters. The molecule has 1 N–H and O–H groups in total. The van der Waals surface area contributed by atoms with Crippen LogP contribution in [0.2, 0.25) is 0 Å². The highest BCUT2D eigenvalue weighted by atomic mass is 32.1. The average molecular weight is 312 g/mol. The molecule has 1 heterocycles. The molecule has 5 heteroatoms. The lowest BCUT2D eigenvalue weighted by atomic mass is 10.2. The fourth-order valence-corrected chi connectivity index (χ4v) is 3.19. The fourth-order valence-electron chi connectivity index (χ4n) is 2.25. The maximum atomic E-state index is 11.3. The van der Waals surface area contributed by atoms with Gasteiger partial charge in [-0.2, -0.15) is 0 Å². The lowest BCUT2D eigenvalue weighted by molar-refractivity contribution is 0.0700. The van der Waals surface area contributed by atoms with E-state index in [-0.39, 0.29) is 0 Å². The first-order valence-corrected chi connectivity index (χ1v) is 8.88. The van der Waals surface area contributed by atoms with Crippen LogP contribution in [0.25, 0.3) is 0 Å². The van der Waals surface area contributed by atoms with Crippen molar-refractivity contribution in [3.63, 3.8) is 0 Å². The van der Waals surface area contributed by atoms with Crippen molar-refractivity contribution in [2.24, 2.45) is 0 Å². The van der Waals surface area contributed by atoms with E-state index in [2.05, 4.69) is 30.7 Å². The van der Waals surface area contributed by atoms with Crippen LogP contribution in [0, 0.1) is 0 Å². The van der Waals surface area contributed by atoms with Gasteiger partial charge in [-0.05, 0) is 32.4 Å². The smallest absolute Gasteiger partial charge is 0.347 e. The van der Waals surface area contributed by atoms with E-state index in [9.17, 15) is 9.90 Å². The molecule has 0 radical (unpaired) electrons. The van der Waals surface area contributed by atoms with Crippen LogP contribution in [0.15, 0.2) is 0 Å². The van der Waals surface area contributed by atoms with Gasteiger partial charge in [0.05, 0.1) is 10.7 Å². The fraction of sp³-hybridized carbons (Fsp3) is 0.750. The Morgan fingerprint density at radius 2 is 1.86 bits per heavy atom. The number of carboxylic acid groups (broad SMARTS) is 1. The van der Waals surface area contributed by atoms with Gasteiger partial charge < -0.3 is 10.0 Å². The Bertz CT molecular complexity index is 432. The number of hydrogen-bond donors (Lipinski definition) is 1. The highest BCUT2D eigenvalue weighted by molar-refractivity contribution is 7.13. The van der Waals surface area contributed by atoms with Crippen LogP contribution >= 0.6 is 11.3 Å².